The molecule has 0 amide bonds. The Morgan fingerprint density at radius 1 is 1.38 bits per heavy atom. The molecule has 3 rings (SSSR count). The summed E-state index contributed by atoms with van der Waals surface area (Å²) in [5, 5.41) is 21.3. The molecule has 7 heteroatoms. The van der Waals surface area contributed by atoms with E-state index in [1.54, 1.807) is 4.68 Å². The Bertz CT molecular complexity index is 664. The third kappa shape index (κ3) is 2.70. The van der Waals surface area contributed by atoms with Crippen LogP contribution in [0, 0.1) is 5.41 Å². The lowest BCUT2D eigenvalue weighted by molar-refractivity contribution is -0.149. The van der Waals surface area contributed by atoms with Gasteiger partial charge in [0, 0.05) is 10.0 Å². The molecule has 1 fully saturated rings. The molecule has 0 bridgehead atoms. The van der Waals surface area contributed by atoms with E-state index in [1.165, 1.54) is 0 Å². The Kier molecular flexibility index (Phi) is 3.75. The Morgan fingerprint density at radius 3 is 2.81 bits per heavy atom. The fraction of sp³-hybridized carbons (Fsp3) is 0.429. The van der Waals surface area contributed by atoms with Gasteiger partial charge in [0.2, 0.25) is 0 Å². The van der Waals surface area contributed by atoms with Crippen LogP contribution < -0.4 is 0 Å². The summed E-state index contributed by atoms with van der Waals surface area (Å²) < 4.78 is 2.55. The van der Waals surface area contributed by atoms with Crippen LogP contribution in [0.3, 0.4) is 0 Å². The number of aliphatic carboxylic acids is 1. The van der Waals surface area contributed by atoms with Crippen LogP contribution in [0.1, 0.15) is 25.7 Å². The average Bonchev–Trinajstić information content (AvgIpc) is 3.09. The molecule has 2 aromatic rings. The molecule has 1 saturated carbocycles. The van der Waals surface area contributed by atoms with E-state index in [-0.39, 0.29) is 0 Å². The number of tetrazole rings is 1. The lowest BCUT2D eigenvalue weighted by Crippen LogP contribution is -2.33. The second-order valence-corrected chi connectivity index (χ2v) is 6.38. The summed E-state index contributed by atoms with van der Waals surface area (Å²) in [6, 6.07) is 7.66. The van der Waals surface area contributed by atoms with Crippen LogP contribution in [0.25, 0.3) is 11.4 Å². The van der Waals surface area contributed by atoms with Crippen molar-refractivity contribution in [2.75, 3.05) is 0 Å². The minimum Gasteiger partial charge on any atom is -0.481 e. The van der Waals surface area contributed by atoms with Crippen LogP contribution in [0.15, 0.2) is 28.7 Å². The first kappa shape index (κ1) is 14.2. The summed E-state index contributed by atoms with van der Waals surface area (Å²) >= 11 is 3.42. The van der Waals surface area contributed by atoms with Crippen molar-refractivity contribution < 1.29 is 9.90 Å². The number of hydrogen-bond acceptors (Lipinski definition) is 4. The molecule has 21 heavy (non-hydrogen) atoms. The quantitative estimate of drug-likeness (QED) is 0.916. The zero-order chi connectivity index (χ0) is 14.9. The van der Waals surface area contributed by atoms with Crippen LogP contribution in [0.5, 0.6) is 0 Å². The summed E-state index contributed by atoms with van der Waals surface area (Å²) in [7, 11) is 0. The van der Waals surface area contributed by atoms with Gasteiger partial charge in [0.1, 0.15) is 0 Å². The van der Waals surface area contributed by atoms with E-state index in [1.807, 2.05) is 24.3 Å². The van der Waals surface area contributed by atoms with Gasteiger partial charge >= 0.3 is 5.97 Å². The predicted octanol–water partition coefficient (Wildman–Crippen LogP) is 2.75. The van der Waals surface area contributed by atoms with Gasteiger partial charge in [0.05, 0.1) is 12.0 Å². The van der Waals surface area contributed by atoms with E-state index in [2.05, 4.69) is 31.5 Å². The average molecular weight is 351 g/mol. The molecule has 0 radical (unpaired) electrons. The van der Waals surface area contributed by atoms with Crippen molar-refractivity contribution in [1.82, 2.24) is 20.2 Å². The normalized spacial score (nSPS) is 17.0. The molecule has 1 aliphatic rings. The summed E-state index contributed by atoms with van der Waals surface area (Å²) in [6.45, 7) is 0.317. The van der Waals surface area contributed by atoms with Crippen molar-refractivity contribution in [3.8, 4) is 11.4 Å². The van der Waals surface area contributed by atoms with E-state index in [9.17, 15) is 9.90 Å². The molecule has 1 aliphatic carbocycles. The summed E-state index contributed by atoms with van der Waals surface area (Å²) in [4.78, 5) is 11.7. The van der Waals surface area contributed by atoms with Crippen molar-refractivity contribution in [2.24, 2.45) is 5.41 Å². The SMILES string of the molecule is O=C(O)C1(Cn2nnnc2-c2cccc(Br)c2)CCCC1. The van der Waals surface area contributed by atoms with E-state index >= 15 is 0 Å². The number of hydrogen-bond donors (Lipinski definition) is 1. The molecule has 0 aliphatic heterocycles. The predicted molar refractivity (Wildman–Crippen MR) is 79.5 cm³/mol. The fourth-order valence-corrected chi connectivity index (χ4v) is 3.32. The van der Waals surface area contributed by atoms with Crippen molar-refractivity contribution in [3.63, 3.8) is 0 Å². The number of benzene rings is 1. The molecular formula is C14H15BrN4O2. The van der Waals surface area contributed by atoms with Crippen LogP contribution >= 0.6 is 15.9 Å². The molecule has 1 N–H and O–H groups in total. The van der Waals surface area contributed by atoms with Crippen molar-refractivity contribution in [2.45, 2.75) is 32.2 Å². The van der Waals surface area contributed by atoms with Crippen molar-refractivity contribution in [3.05, 3.63) is 28.7 Å². The first-order chi connectivity index (χ1) is 10.1. The lowest BCUT2D eigenvalue weighted by Gasteiger charge is -2.23. The summed E-state index contributed by atoms with van der Waals surface area (Å²) in [5.41, 5.74) is 0.128. The minimum atomic E-state index is -0.754. The maximum atomic E-state index is 11.7. The van der Waals surface area contributed by atoms with E-state index in [0.717, 1.165) is 22.9 Å². The number of nitrogens with zero attached hydrogens (tertiary/aromatic N) is 4. The van der Waals surface area contributed by atoms with Crippen molar-refractivity contribution >= 4 is 21.9 Å². The molecule has 1 heterocycles. The van der Waals surface area contributed by atoms with Crippen LogP contribution in [0.4, 0.5) is 0 Å². The zero-order valence-corrected chi connectivity index (χ0v) is 13.0. The summed E-state index contributed by atoms with van der Waals surface area (Å²) in [5.74, 6) is -0.153. The molecule has 0 saturated heterocycles. The highest BCUT2D eigenvalue weighted by atomic mass is 79.9. The van der Waals surface area contributed by atoms with E-state index in [0.29, 0.717) is 25.2 Å². The maximum Gasteiger partial charge on any atom is 0.311 e. The Morgan fingerprint density at radius 2 is 2.14 bits per heavy atom. The van der Waals surface area contributed by atoms with Gasteiger partial charge in [-0.25, -0.2) is 4.68 Å². The highest BCUT2D eigenvalue weighted by Gasteiger charge is 2.42. The van der Waals surface area contributed by atoms with Gasteiger partial charge in [-0.3, -0.25) is 4.79 Å². The standard InChI is InChI=1S/C14H15BrN4O2/c15-11-5-3-4-10(8-11)12-16-17-18-19(12)9-14(13(20)21)6-1-2-7-14/h3-5,8H,1-2,6-7,9H2,(H,20,21). The monoisotopic (exact) mass is 350 g/mol. The van der Waals surface area contributed by atoms with E-state index in [4.69, 9.17) is 0 Å². The number of rotatable bonds is 4. The number of aromatic nitrogens is 4. The van der Waals surface area contributed by atoms with Crippen LogP contribution in [-0.2, 0) is 11.3 Å². The second kappa shape index (κ2) is 5.55. The maximum absolute atomic E-state index is 11.7. The summed E-state index contributed by atoms with van der Waals surface area (Å²) in [6.07, 6.45) is 3.25. The Hall–Kier alpha value is -1.76. The largest absolute Gasteiger partial charge is 0.481 e. The molecule has 1 aromatic carbocycles. The number of carboxylic acids is 1. The molecule has 110 valence electrons. The lowest BCUT2D eigenvalue weighted by atomic mass is 9.86. The minimum absolute atomic E-state index is 0.317. The van der Waals surface area contributed by atoms with Crippen LogP contribution in [0.2, 0.25) is 0 Å². The van der Waals surface area contributed by atoms with Gasteiger partial charge in [-0.1, -0.05) is 40.9 Å². The number of carboxylic acid groups (broad SMARTS) is 1. The molecule has 1 aromatic heterocycles. The second-order valence-electron chi connectivity index (χ2n) is 5.46. The molecule has 0 unspecified atom stereocenters. The highest BCUT2D eigenvalue weighted by Crippen LogP contribution is 2.40. The van der Waals surface area contributed by atoms with Crippen molar-refractivity contribution in [1.29, 1.82) is 0 Å². The molecule has 6 nitrogen and oxygen atoms in total. The van der Waals surface area contributed by atoms with Gasteiger partial charge in [0.25, 0.3) is 0 Å². The van der Waals surface area contributed by atoms with Crippen LogP contribution in [-0.4, -0.2) is 31.3 Å². The third-order valence-corrected chi connectivity index (χ3v) is 4.57. The van der Waals surface area contributed by atoms with E-state index < -0.39 is 11.4 Å². The molecule has 0 spiro atoms. The topological polar surface area (TPSA) is 80.9 Å². The Labute approximate surface area is 130 Å². The number of halogens is 1. The van der Waals surface area contributed by atoms with Gasteiger partial charge < -0.3 is 5.11 Å². The first-order valence-corrected chi connectivity index (χ1v) is 7.66. The molecular weight excluding hydrogens is 336 g/mol. The van der Waals surface area contributed by atoms with Gasteiger partial charge in [0.15, 0.2) is 5.82 Å². The van der Waals surface area contributed by atoms with Gasteiger partial charge in [-0.15, -0.1) is 5.10 Å². The smallest absolute Gasteiger partial charge is 0.311 e. The third-order valence-electron chi connectivity index (χ3n) is 4.08. The van der Waals surface area contributed by atoms with Gasteiger partial charge in [-0.05, 0) is 35.4 Å². The zero-order valence-electron chi connectivity index (χ0n) is 11.4. The molecule has 0 atom stereocenters. The highest BCUT2D eigenvalue weighted by molar-refractivity contribution is 9.10. The number of carbonyl (C=O) groups is 1. The Balaban J connectivity index is 1.94. The van der Waals surface area contributed by atoms with Gasteiger partial charge in [-0.2, -0.15) is 0 Å². The first-order valence-electron chi connectivity index (χ1n) is 6.86. The fourth-order valence-electron chi connectivity index (χ4n) is 2.92.